The molecule has 0 atom stereocenters. The van der Waals surface area contributed by atoms with Gasteiger partial charge in [-0.3, -0.25) is 9.69 Å². The Morgan fingerprint density at radius 2 is 1.84 bits per heavy atom. The van der Waals surface area contributed by atoms with Crippen LogP contribution in [0.5, 0.6) is 5.75 Å². The van der Waals surface area contributed by atoms with Gasteiger partial charge in [0.25, 0.3) is 5.91 Å². The number of hydrogen-bond acceptors (Lipinski definition) is 5. The maximum absolute atomic E-state index is 13.8. The van der Waals surface area contributed by atoms with E-state index in [1.165, 1.54) is 11.6 Å². The Kier molecular flexibility index (Phi) is 6.27. The summed E-state index contributed by atoms with van der Waals surface area (Å²) in [4.78, 5) is 17.1. The van der Waals surface area contributed by atoms with E-state index in [2.05, 4.69) is 22.2 Å². The number of rotatable bonds is 6. The molecule has 3 aromatic rings. The number of nitrogens with zero attached hydrogens (tertiary/aromatic N) is 3. The van der Waals surface area contributed by atoms with Crippen LogP contribution in [-0.2, 0) is 13.2 Å². The second kappa shape index (κ2) is 9.26. The number of hydrogen-bond donors (Lipinski definition) is 0. The zero-order chi connectivity index (χ0) is 21.8. The summed E-state index contributed by atoms with van der Waals surface area (Å²) in [6.45, 7) is 5.06. The van der Waals surface area contributed by atoms with E-state index >= 15 is 0 Å². The Balaban J connectivity index is 1.38. The molecule has 4 rings (SSSR count). The molecule has 162 valence electrons. The summed E-state index contributed by atoms with van der Waals surface area (Å²) in [5.41, 5.74) is 1.86. The van der Waals surface area contributed by atoms with Crippen LogP contribution in [0.2, 0.25) is 0 Å². The van der Waals surface area contributed by atoms with E-state index in [0.29, 0.717) is 24.4 Å². The molecule has 0 N–H and O–H groups in total. The standard InChI is InChI=1S/C23H23F2N3O3/c1-16-19(15-30-21-8-7-18(24)13-20(21)25)22(26-31-16)23(29)28-11-9-27(10-12-28)14-17-5-3-2-4-6-17/h2-8,13H,9-12,14-15H2,1H3. The van der Waals surface area contributed by atoms with Gasteiger partial charge in [0.1, 0.15) is 18.2 Å². The number of piperazine rings is 1. The average Bonchev–Trinajstić information content (AvgIpc) is 3.14. The van der Waals surface area contributed by atoms with E-state index in [-0.39, 0.29) is 24.0 Å². The van der Waals surface area contributed by atoms with Crippen molar-refractivity contribution in [3.8, 4) is 5.75 Å². The molecule has 0 unspecified atom stereocenters. The number of carbonyl (C=O) groups is 1. The molecule has 0 spiro atoms. The van der Waals surface area contributed by atoms with Crippen molar-refractivity contribution in [2.45, 2.75) is 20.1 Å². The van der Waals surface area contributed by atoms with E-state index in [1.54, 1.807) is 11.8 Å². The molecule has 2 heterocycles. The molecule has 0 saturated carbocycles. The minimum atomic E-state index is -0.809. The van der Waals surface area contributed by atoms with Crippen LogP contribution >= 0.6 is 0 Å². The number of aryl methyl sites for hydroxylation is 1. The number of amides is 1. The fourth-order valence-corrected chi connectivity index (χ4v) is 3.57. The summed E-state index contributed by atoms with van der Waals surface area (Å²) in [6, 6.07) is 13.3. The molecule has 0 radical (unpaired) electrons. The van der Waals surface area contributed by atoms with Crippen molar-refractivity contribution in [3.05, 3.63) is 82.7 Å². The highest BCUT2D eigenvalue weighted by Crippen LogP contribution is 2.22. The Hall–Kier alpha value is -3.26. The van der Waals surface area contributed by atoms with Crippen LogP contribution < -0.4 is 4.74 Å². The van der Waals surface area contributed by atoms with Gasteiger partial charge in [0.05, 0.1) is 5.56 Å². The number of ether oxygens (including phenoxy) is 1. The van der Waals surface area contributed by atoms with Gasteiger partial charge in [-0.1, -0.05) is 35.5 Å². The molecule has 1 amide bonds. The number of carbonyl (C=O) groups excluding carboxylic acids is 1. The summed E-state index contributed by atoms with van der Waals surface area (Å²) in [6.07, 6.45) is 0. The summed E-state index contributed by atoms with van der Waals surface area (Å²) in [7, 11) is 0. The molecule has 8 heteroatoms. The maximum Gasteiger partial charge on any atom is 0.276 e. The SMILES string of the molecule is Cc1onc(C(=O)N2CCN(Cc3ccccc3)CC2)c1COc1ccc(F)cc1F. The third-order valence-electron chi connectivity index (χ3n) is 5.36. The summed E-state index contributed by atoms with van der Waals surface area (Å²) < 4.78 is 37.6. The summed E-state index contributed by atoms with van der Waals surface area (Å²) >= 11 is 0. The molecule has 0 bridgehead atoms. The van der Waals surface area contributed by atoms with Gasteiger partial charge in [-0.05, 0) is 24.6 Å². The Labute approximate surface area is 179 Å². The van der Waals surface area contributed by atoms with Crippen LogP contribution in [0.3, 0.4) is 0 Å². The van der Waals surface area contributed by atoms with Gasteiger partial charge in [0.15, 0.2) is 17.3 Å². The topological polar surface area (TPSA) is 58.8 Å². The second-order valence-electron chi connectivity index (χ2n) is 7.48. The predicted molar refractivity (Wildman–Crippen MR) is 110 cm³/mol. The van der Waals surface area contributed by atoms with Crippen molar-refractivity contribution < 1.29 is 22.8 Å². The van der Waals surface area contributed by atoms with E-state index < -0.39 is 11.6 Å². The van der Waals surface area contributed by atoms with Crippen molar-refractivity contribution in [2.24, 2.45) is 0 Å². The third kappa shape index (κ3) is 4.91. The van der Waals surface area contributed by atoms with Gasteiger partial charge in [-0.2, -0.15) is 0 Å². The van der Waals surface area contributed by atoms with Crippen LogP contribution in [-0.4, -0.2) is 47.0 Å². The molecule has 0 aliphatic carbocycles. The highest BCUT2D eigenvalue weighted by atomic mass is 19.1. The van der Waals surface area contributed by atoms with Crippen molar-refractivity contribution in [3.63, 3.8) is 0 Å². The molecule has 1 saturated heterocycles. The van der Waals surface area contributed by atoms with Crippen LogP contribution in [0.1, 0.15) is 27.4 Å². The van der Waals surface area contributed by atoms with Crippen molar-refractivity contribution in [1.82, 2.24) is 15.0 Å². The zero-order valence-corrected chi connectivity index (χ0v) is 17.2. The van der Waals surface area contributed by atoms with Gasteiger partial charge in [-0.15, -0.1) is 0 Å². The van der Waals surface area contributed by atoms with Crippen LogP contribution in [0.15, 0.2) is 53.1 Å². The lowest BCUT2D eigenvalue weighted by Gasteiger charge is -2.34. The first-order valence-corrected chi connectivity index (χ1v) is 10.1. The number of halogens is 2. The minimum Gasteiger partial charge on any atom is -0.486 e. The van der Waals surface area contributed by atoms with E-state index in [0.717, 1.165) is 31.8 Å². The summed E-state index contributed by atoms with van der Waals surface area (Å²) in [5.74, 6) is -1.41. The molecule has 1 aliphatic heterocycles. The van der Waals surface area contributed by atoms with Gasteiger partial charge in [0.2, 0.25) is 0 Å². The van der Waals surface area contributed by atoms with Crippen molar-refractivity contribution >= 4 is 5.91 Å². The van der Waals surface area contributed by atoms with Crippen LogP contribution in [0, 0.1) is 18.6 Å². The maximum atomic E-state index is 13.8. The molecule has 31 heavy (non-hydrogen) atoms. The van der Waals surface area contributed by atoms with E-state index in [1.807, 2.05) is 18.2 Å². The molecular weight excluding hydrogens is 404 g/mol. The van der Waals surface area contributed by atoms with E-state index in [9.17, 15) is 13.6 Å². The quantitative estimate of drug-likeness (QED) is 0.599. The van der Waals surface area contributed by atoms with Crippen LogP contribution in [0.4, 0.5) is 8.78 Å². The third-order valence-corrected chi connectivity index (χ3v) is 5.36. The van der Waals surface area contributed by atoms with Crippen molar-refractivity contribution in [2.75, 3.05) is 26.2 Å². The average molecular weight is 427 g/mol. The lowest BCUT2D eigenvalue weighted by molar-refractivity contribution is 0.0616. The Morgan fingerprint density at radius 1 is 1.10 bits per heavy atom. The highest BCUT2D eigenvalue weighted by molar-refractivity contribution is 5.93. The highest BCUT2D eigenvalue weighted by Gasteiger charge is 2.28. The molecule has 1 fully saturated rings. The predicted octanol–water partition coefficient (Wildman–Crippen LogP) is 3.80. The van der Waals surface area contributed by atoms with Crippen LogP contribution in [0.25, 0.3) is 0 Å². The fourth-order valence-electron chi connectivity index (χ4n) is 3.57. The van der Waals surface area contributed by atoms with Gasteiger partial charge >= 0.3 is 0 Å². The second-order valence-corrected chi connectivity index (χ2v) is 7.48. The molecular formula is C23H23F2N3O3. The first kappa shape index (κ1) is 21.0. The first-order chi connectivity index (χ1) is 15.0. The lowest BCUT2D eigenvalue weighted by atomic mass is 10.1. The Bertz CT molecular complexity index is 1050. The number of benzene rings is 2. The van der Waals surface area contributed by atoms with Gasteiger partial charge in [0, 0.05) is 38.8 Å². The van der Waals surface area contributed by atoms with Crippen molar-refractivity contribution in [1.29, 1.82) is 0 Å². The largest absolute Gasteiger partial charge is 0.486 e. The normalized spacial score (nSPS) is 14.6. The van der Waals surface area contributed by atoms with Gasteiger partial charge in [-0.25, -0.2) is 8.78 Å². The molecule has 2 aromatic carbocycles. The monoisotopic (exact) mass is 427 g/mol. The Morgan fingerprint density at radius 3 is 2.55 bits per heavy atom. The fraction of sp³-hybridized carbons (Fsp3) is 0.304. The van der Waals surface area contributed by atoms with Gasteiger partial charge < -0.3 is 14.2 Å². The van der Waals surface area contributed by atoms with E-state index in [4.69, 9.17) is 9.26 Å². The lowest BCUT2D eigenvalue weighted by Crippen LogP contribution is -2.48. The first-order valence-electron chi connectivity index (χ1n) is 10.1. The smallest absolute Gasteiger partial charge is 0.276 e. The number of aromatic nitrogens is 1. The molecule has 1 aliphatic rings. The molecule has 6 nitrogen and oxygen atoms in total. The molecule has 1 aromatic heterocycles. The summed E-state index contributed by atoms with van der Waals surface area (Å²) in [5, 5.41) is 3.91. The zero-order valence-electron chi connectivity index (χ0n) is 17.2. The minimum absolute atomic E-state index is 0.102.